The summed E-state index contributed by atoms with van der Waals surface area (Å²) in [5, 5.41) is 0.582. The van der Waals surface area contributed by atoms with Gasteiger partial charge in [0.05, 0.1) is 10.4 Å². The first-order valence-corrected chi connectivity index (χ1v) is 7.74. The minimum absolute atomic E-state index is 0.118. The predicted octanol–water partition coefficient (Wildman–Crippen LogP) is 6.24. The van der Waals surface area contributed by atoms with Crippen LogP contribution in [0.5, 0.6) is 0 Å². The van der Waals surface area contributed by atoms with Gasteiger partial charge in [-0.05, 0) is 64.5 Å². The number of alkyl halides is 1. The van der Waals surface area contributed by atoms with Crippen LogP contribution in [-0.4, -0.2) is 0 Å². The number of halogens is 3. The molecule has 0 fully saturated rings. The van der Waals surface area contributed by atoms with Crippen LogP contribution < -0.4 is 0 Å². The molecule has 0 bridgehead atoms. The number of benzene rings is 2. The van der Waals surface area contributed by atoms with Crippen LogP contribution in [0.15, 0.2) is 40.9 Å². The first-order valence-electron chi connectivity index (χ1n) is 6.13. The molecule has 0 aliphatic heterocycles. The second-order valence-corrected chi connectivity index (χ2v) is 6.49. The highest BCUT2D eigenvalue weighted by atomic mass is 79.9. The van der Waals surface area contributed by atoms with Gasteiger partial charge >= 0.3 is 0 Å². The Balaban J connectivity index is 2.23. The lowest BCUT2D eigenvalue weighted by molar-refractivity contribution is 0.916. The van der Waals surface area contributed by atoms with Gasteiger partial charge in [-0.3, -0.25) is 0 Å². The summed E-state index contributed by atoms with van der Waals surface area (Å²) in [4.78, 5) is 0. The fourth-order valence-corrected chi connectivity index (χ4v) is 3.06. The van der Waals surface area contributed by atoms with Crippen LogP contribution >= 0.6 is 39.1 Å². The molecule has 0 radical (unpaired) electrons. The van der Waals surface area contributed by atoms with E-state index in [0.717, 1.165) is 16.5 Å². The average Bonchev–Trinajstić information content (AvgIpc) is 2.37. The molecule has 0 spiro atoms. The number of rotatable bonds is 3. The molecule has 1 atom stereocenters. The molecule has 3 heteroatoms. The summed E-state index contributed by atoms with van der Waals surface area (Å²) in [6.07, 6.45) is 0.777. The number of hydrogen-bond acceptors (Lipinski definition) is 0. The van der Waals surface area contributed by atoms with Gasteiger partial charge in [-0.15, -0.1) is 11.6 Å². The van der Waals surface area contributed by atoms with Gasteiger partial charge in [-0.2, -0.15) is 0 Å². The number of hydrogen-bond donors (Lipinski definition) is 0. The molecule has 2 rings (SSSR count). The Morgan fingerprint density at radius 1 is 1.11 bits per heavy atom. The summed E-state index contributed by atoms with van der Waals surface area (Å²) in [5.74, 6) is 0. The fourth-order valence-electron chi connectivity index (χ4n) is 2.01. The van der Waals surface area contributed by atoms with Crippen LogP contribution in [0.4, 0.5) is 0 Å². The van der Waals surface area contributed by atoms with Gasteiger partial charge in [-0.25, -0.2) is 0 Å². The second-order valence-electron chi connectivity index (χ2n) is 4.73. The monoisotopic (exact) mass is 356 g/mol. The SMILES string of the molecule is Cc1ccc(CC(Cl)c2cccc(Br)c2Cl)cc1C. The van der Waals surface area contributed by atoms with E-state index in [0.29, 0.717) is 5.02 Å². The Morgan fingerprint density at radius 2 is 1.84 bits per heavy atom. The highest BCUT2D eigenvalue weighted by Crippen LogP contribution is 2.35. The molecule has 0 saturated carbocycles. The minimum Gasteiger partial charge on any atom is -0.117 e. The van der Waals surface area contributed by atoms with Crippen LogP contribution in [0, 0.1) is 13.8 Å². The van der Waals surface area contributed by atoms with Gasteiger partial charge in [0, 0.05) is 4.47 Å². The van der Waals surface area contributed by atoms with E-state index in [1.54, 1.807) is 0 Å². The molecule has 100 valence electrons. The van der Waals surface area contributed by atoms with Crippen molar-refractivity contribution in [3.05, 3.63) is 68.1 Å². The molecular formula is C16H15BrCl2. The lowest BCUT2D eigenvalue weighted by Gasteiger charge is -2.13. The molecule has 0 N–H and O–H groups in total. The molecule has 0 nitrogen and oxygen atoms in total. The Bertz CT molecular complexity index is 593. The first-order chi connectivity index (χ1) is 8.99. The minimum atomic E-state index is -0.118. The van der Waals surface area contributed by atoms with Crippen LogP contribution in [0.25, 0.3) is 0 Å². The maximum absolute atomic E-state index is 6.50. The third-order valence-electron chi connectivity index (χ3n) is 3.31. The lowest BCUT2D eigenvalue weighted by Crippen LogP contribution is -1.98. The van der Waals surface area contributed by atoms with Crippen LogP contribution in [0.2, 0.25) is 5.02 Å². The van der Waals surface area contributed by atoms with Gasteiger partial charge in [0.1, 0.15) is 0 Å². The normalized spacial score (nSPS) is 12.5. The van der Waals surface area contributed by atoms with Crippen molar-refractivity contribution in [1.82, 2.24) is 0 Å². The van der Waals surface area contributed by atoms with Gasteiger partial charge in [0.15, 0.2) is 0 Å². The summed E-state index contributed by atoms with van der Waals surface area (Å²) < 4.78 is 0.886. The molecule has 1 unspecified atom stereocenters. The molecule has 0 aliphatic rings. The zero-order valence-electron chi connectivity index (χ0n) is 10.9. The van der Waals surface area contributed by atoms with Crippen molar-refractivity contribution in [3.63, 3.8) is 0 Å². The summed E-state index contributed by atoms with van der Waals surface area (Å²) >= 11 is 16.2. The van der Waals surface area contributed by atoms with E-state index in [2.05, 4.69) is 48.0 Å². The second kappa shape index (κ2) is 6.30. The summed E-state index contributed by atoms with van der Waals surface area (Å²) in [6.45, 7) is 4.23. The van der Waals surface area contributed by atoms with E-state index in [1.807, 2.05) is 18.2 Å². The van der Waals surface area contributed by atoms with Crippen LogP contribution in [0.3, 0.4) is 0 Å². The number of aryl methyl sites for hydroxylation is 2. The van der Waals surface area contributed by atoms with E-state index in [4.69, 9.17) is 23.2 Å². The highest BCUT2D eigenvalue weighted by Gasteiger charge is 2.14. The fraction of sp³-hybridized carbons (Fsp3) is 0.250. The van der Waals surface area contributed by atoms with Crippen molar-refractivity contribution in [1.29, 1.82) is 0 Å². The molecule has 0 saturated heterocycles. The maximum atomic E-state index is 6.50. The van der Waals surface area contributed by atoms with Crippen molar-refractivity contribution < 1.29 is 0 Å². The highest BCUT2D eigenvalue weighted by molar-refractivity contribution is 9.10. The topological polar surface area (TPSA) is 0 Å². The lowest BCUT2D eigenvalue weighted by atomic mass is 10.00. The third-order valence-corrected chi connectivity index (χ3v) is 5.01. The molecule has 0 aromatic heterocycles. The van der Waals surface area contributed by atoms with Gasteiger partial charge in [0.2, 0.25) is 0 Å². The van der Waals surface area contributed by atoms with Crippen LogP contribution in [-0.2, 0) is 6.42 Å². The van der Waals surface area contributed by atoms with E-state index in [9.17, 15) is 0 Å². The van der Waals surface area contributed by atoms with E-state index in [-0.39, 0.29) is 5.38 Å². The van der Waals surface area contributed by atoms with Gasteiger partial charge in [-0.1, -0.05) is 41.9 Å². The van der Waals surface area contributed by atoms with Crippen molar-refractivity contribution in [3.8, 4) is 0 Å². The first kappa shape index (κ1) is 14.9. The van der Waals surface area contributed by atoms with Gasteiger partial charge < -0.3 is 0 Å². The molecule has 0 amide bonds. The van der Waals surface area contributed by atoms with Crippen LogP contribution in [0.1, 0.15) is 27.6 Å². The molecular weight excluding hydrogens is 343 g/mol. The summed E-state index contributed by atoms with van der Waals surface area (Å²) in [6, 6.07) is 12.3. The molecule has 2 aromatic carbocycles. The smallest absolute Gasteiger partial charge is 0.0640 e. The van der Waals surface area contributed by atoms with E-state index >= 15 is 0 Å². The third kappa shape index (κ3) is 3.53. The summed E-state index contributed by atoms with van der Waals surface area (Å²) in [5.41, 5.74) is 4.80. The van der Waals surface area contributed by atoms with Crippen molar-refractivity contribution in [2.45, 2.75) is 25.6 Å². The zero-order valence-corrected chi connectivity index (χ0v) is 14.0. The molecule has 2 aromatic rings. The van der Waals surface area contributed by atoms with E-state index < -0.39 is 0 Å². The Hall–Kier alpha value is -0.500. The van der Waals surface area contributed by atoms with Crippen molar-refractivity contribution in [2.24, 2.45) is 0 Å². The average molecular weight is 358 g/mol. The summed E-state index contributed by atoms with van der Waals surface area (Å²) in [7, 11) is 0. The quantitative estimate of drug-likeness (QED) is 0.570. The van der Waals surface area contributed by atoms with Crippen molar-refractivity contribution >= 4 is 39.1 Å². The maximum Gasteiger partial charge on any atom is 0.0640 e. The Kier molecular flexibility index (Phi) is 4.94. The van der Waals surface area contributed by atoms with Crippen molar-refractivity contribution in [2.75, 3.05) is 0 Å². The Morgan fingerprint density at radius 3 is 2.53 bits per heavy atom. The molecule has 19 heavy (non-hydrogen) atoms. The standard InChI is InChI=1S/C16H15BrCl2/c1-10-6-7-12(8-11(10)2)9-15(18)13-4-3-5-14(17)16(13)19/h3-8,15H,9H2,1-2H3. The zero-order chi connectivity index (χ0) is 14.0. The molecule has 0 heterocycles. The van der Waals surface area contributed by atoms with E-state index in [1.165, 1.54) is 16.7 Å². The predicted molar refractivity (Wildman–Crippen MR) is 87.4 cm³/mol. The molecule has 0 aliphatic carbocycles. The van der Waals surface area contributed by atoms with Gasteiger partial charge in [0.25, 0.3) is 0 Å². The Labute approximate surface area is 132 Å². The largest absolute Gasteiger partial charge is 0.117 e.